The third-order valence-electron chi connectivity index (χ3n) is 11.7. The standard InChI is InChI=1S/C41H46ClN3O7Si/c1-26-38(53(4,5)32-16-14-31(50-2)15-17-32)36(23-37(47)43-19-7-11-30(43)25-46)52-41(26)33-22-28(42)13-18-34(33)45(40(41)49)24-27-9-6-10-29(21-27)44-20-8-12-35(51-3)39(44)48/h6,8-10,12-18,20-22,26,30,36,38,46H,7,11,19,23-25H2,1-5H3/t26-,30+,36+,38-,41+/m1/s1. The van der Waals surface area contributed by atoms with Crippen LogP contribution in [0.2, 0.25) is 23.7 Å². The highest BCUT2D eigenvalue weighted by Crippen LogP contribution is 2.60. The van der Waals surface area contributed by atoms with Crippen LogP contribution < -0.4 is 25.1 Å². The summed E-state index contributed by atoms with van der Waals surface area (Å²) in [6, 6.07) is 24.3. The lowest BCUT2D eigenvalue weighted by Gasteiger charge is -2.37. The van der Waals surface area contributed by atoms with Gasteiger partial charge in [0.1, 0.15) is 5.75 Å². The number of aromatic nitrogens is 1. The highest BCUT2D eigenvalue weighted by molar-refractivity contribution is 6.91. The molecule has 2 fully saturated rings. The molecule has 3 aliphatic heterocycles. The van der Waals surface area contributed by atoms with Crippen molar-refractivity contribution >= 4 is 42.4 Å². The Kier molecular flexibility index (Phi) is 10.0. The first kappa shape index (κ1) is 36.9. The van der Waals surface area contributed by atoms with Gasteiger partial charge in [-0.3, -0.25) is 19.0 Å². The molecule has 2 saturated heterocycles. The van der Waals surface area contributed by atoms with Crippen LogP contribution in [0, 0.1) is 5.92 Å². The van der Waals surface area contributed by atoms with E-state index in [4.69, 9.17) is 25.8 Å². The van der Waals surface area contributed by atoms with E-state index in [-0.39, 0.29) is 60.2 Å². The molecule has 0 radical (unpaired) electrons. The number of pyridine rings is 1. The van der Waals surface area contributed by atoms with Crippen LogP contribution >= 0.6 is 11.6 Å². The Bertz CT molecular complexity index is 2090. The third kappa shape index (κ3) is 6.27. The van der Waals surface area contributed by atoms with Gasteiger partial charge < -0.3 is 29.1 Å². The Morgan fingerprint density at radius 1 is 1.02 bits per heavy atom. The third-order valence-corrected chi connectivity index (χ3v) is 16.3. The summed E-state index contributed by atoms with van der Waals surface area (Å²) in [6.45, 7) is 7.38. The van der Waals surface area contributed by atoms with Gasteiger partial charge in [-0.25, -0.2) is 0 Å². The monoisotopic (exact) mass is 755 g/mol. The number of nitrogens with zero attached hydrogens (tertiary/aromatic N) is 3. The van der Waals surface area contributed by atoms with Crippen LogP contribution in [0.3, 0.4) is 0 Å². The number of ether oxygens (including phenoxy) is 3. The number of hydrogen-bond acceptors (Lipinski definition) is 7. The van der Waals surface area contributed by atoms with E-state index in [0.717, 1.165) is 24.2 Å². The number of aliphatic hydroxyl groups excluding tert-OH is 1. The van der Waals surface area contributed by atoms with Gasteiger partial charge in [0.25, 0.3) is 11.5 Å². The van der Waals surface area contributed by atoms with Crippen LogP contribution in [-0.4, -0.2) is 74.0 Å². The van der Waals surface area contributed by atoms with E-state index in [2.05, 4.69) is 32.2 Å². The van der Waals surface area contributed by atoms with Crippen molar-refractivity contribution in [3.05, 3.63) is 112 Å². The van der Waals surface area contributed by atoms with Crippen LogP contribution in [0.5, 0.6) is 11.5 Å². The number of carbonyl (C=O) groups is 2. The van der Waals surface area contributed by atoms with Crippen LogP contribution in [0.4, 0.5) is 5.69 Å². The van der Waals surface area contributed by atoms with E-state index in [0.29, 0.717) is 28.5 Å². The van der Waals surface area contributed by atoms with Crippen molar-refractivity contribution < 1.29 is 28.9 Å². The van der Waals surface area contributed by atoms with Crippen molar-refractivity contribution in [2.75, 3.05) is 32.3 Å². The lowest BCUT2D eigenvalue weighted by atomic mass is 9.82. The zero-order valence-corrected chi connectivity index (χ0v) is 32.5. The molecule has 4 heterocycles. The Balaban J connectivity index is 1.29. The molecule has 2 amide bonds. The van der Waals surface area contributed by atoms with Crippen molar-refractivity contribution in [3.63, 3.8) is 0 Å². The quantitative estimate of drug-likeness (QED) is 0.209. The van der Waals surface area contributed by atoms with Crippen LogP contribution in [0.1, 0.15) is 37.3 Å². The lowest BCUT2D eigenvalue weighted by molar-refractivity contribution is -0.150. The van der Waals surface area contributed by atoms with E-state index in [9.17, 15) is 14.7 Å². The van der Waals surface area contributed by atoms with Crippen molar-refractivity contribution in [1.82, 2.24) is 9.47 Å². The SMILES string of the molecule is COc1ccc([Si](C)(C)[C@H]2[C@H](CC(=O)N3CCC[C@H]3CO)O[C@@]3(C(=O)N(Cc4cccc(-n5cccc(OC)c5=O)c4)c4ccc(Cl)cc43)[C@@H]2C)cc1. The van der Waals surface area contributed by atoms with Gasteiger partial charge in [-0.15, -0.1) is 0 Å². The largest absolute Gasteiger partial charge is 0.497 e. The predicted octanol–water partition coefficient (Wildman–Crippen LogP) is 5.64. The molecule has 53 heavy (non-hydrogen) atoms. The van der Waals surface area contributed by atoms with Gasteiger partial charge in [-0.05, 0) is 78.5 Å². The van der Waals surface area contributed by atoms with Gasteiger partial charge in [-0.2, -0.15) is 0 Å². The molecular weight excluding hydrogens is 710 g/mol. The minimum Gasteiger partial charge on any atom is -0.497 e. The molecule has 10 nitrogen and oxygen atoms in total. The van der Waals surface area contributed by atoms with E-state index < -0.39 is 19.8 Å². The summed E-state index contributed by atoms with van der Waals surface area (Å²) in [5.41, 5.74) is 1.02. The number of amides is 2. The van der Waals surface area contributed by atoms with Crippen molar-refractivity contribution in [1.29, 1.82) is 0 Å². The van der Waals surface area contributed by atoms with Gasteiger partial charge in [0.2, 0.25) is 5.91 Å². The molecule has 4 aromatic rings. The normalized spacial score (nSPS) is 23.9. The number of benzene rings is 3. The Morgan fingerprint density at radius 3 is 2.51 bits per heavy atom. The van der Waals surface area contributed by atoms with Gasteiger partial charge in [0.15, 0.2) is 11.4 Å². The van der Waals surface area contributed by atoms with Crippen molar-refractivity contribution in [2.24, 2.45) is 5.92 Å². The summed E-state index contributed by atoms with van der Waals surface area (Å²) in [6.07, 6.45) is 2.81. The van der Waals surface area contributed by atoms with E-state index in [1.54, 1.807) is 41.3 Å². The van der Waals surface area contributed by atoms with E-state index in [1.807, 2.05) is 48.5 Å². The summed E-state index contributed by atoms with van der Waals surface area (Å²) in [4.78, 5) is 45.9. The average molecular weight is 756 g/mol. The van der Waals surface area contributed by atoms with Gasteiger partial charge in [-0.1, -0.05) is 61.1 Å². The van der Waals surface area contributed by atoms with Gasteiger partial charge in [0.05, 0.1) is 59.7 Å². The van der Waals surface area contributed by atoms with Crippen LogP contribution in [-0.2, 0) is 26.5 Å². The molecule has 0 bridgehead atoms. The molecule has 0 aliphatic carbocycles. The first-order valence-corrected chi connectivity index (χ1v) is 21.6. The lowest BCUT2D eigenvalue weighted by Crippen LogP contribution is -2.52. The fraction of sp³-hybridized carbons (Fsp3) is 0.390. The smallest absolute Gasteiger partial charge is 0.297 e. The molecule has 7 rings (SSSR count). The first-order valence-electron chi connectivity index (χ1n) is 18.1. The fourth-order valence-corrected chi connectivity index (χ4v) is 13.3. The van der Waals surface area contributed by atoms with Gasteiger partial charge in [0, 0.05) is 34.9 Å². The Hall–Kier alpha value is -4.42. The zero-order valence-electron chi connectivity index (χ0n) is 30.8. The summed E-state index contributed by atoms with van der Waals surface area (Å²) >= 11 is 6.69. The fourth-order valence-electron chi connectivity index (χ4n) is 9.11. The maximum atomic E-state index is 15.2. The molecule has 1 spiro atoms. The second-order valence-corrected chi connectivity index (χ2v) is 20.0. The maximum Gasteiger partial charge on any atom is 0.297 e. The molecule has 3 aliphatic rings. The Morgan fingerprint density at radius 2 is 1.79 bits per heavy atom. The molecule has 278 valence electrons. The summed E-state index contributed by atoms with van der Waals surface area (Å²) in [5.74, 6) is 0.381. The summed E-state index contributed by atoms with van der Waals surface area (Å²) < 4.78 is 19.4. The summed E-state index contributed by atoms with van der Waals surface area (Å²) in [7, 11) is 0.607. The molecule has 1 aromatic heterocycles. The van der Waals surface area contributed by atoms with E-state index >= 15 is 4.79 Å². The molecule has 5 atom stereocenters. The van der Waals surface area contributed by atoms with Crippen LogP contribution in [0.15, 0.2) is 89.9 Å². The second kappa shape index (κ2) is 14.4. The number of likely N-dealkylation sites (tertiary alicyclic amines) is 1. The molecule has 0 saturated carbocycles. The van der Waals surface area contributed by atoms with Crippen molar-refractivity contribution in [2.45, 2.75) is 69.1 Å². The first-order chi connectivity index (χ1) is 25.4. The molecule has 3 aromatic carbocycles. The van der Waals surface area contributed by atoms with Gasteiger partial charge >= 0.3 is 0 Å². The number of halogens is 1. The molecule has 1 N–H and O–H groups in total. The predicted molar refractivity (Wildman–Crippen MR) is 207 cm³/mol. The number of anilines is 1. The Labute approximate surface area is 315 Å². The number of carbonyl (C=O) groups excluding carboxylic acids is 2. The number of methoxy groups -OCH3 is 2. The van der Waals surface area contributed by atoms with Crippen molar-refractivity contribution in [3.8, 4) is 17.2 Å². The minimum absolute atomic E-state index is 0.0708. The average Bonchev–Trinajstić information content (AvgIpc) is 3.82. The number of rotatable bonds is 10. The highest BCUT2D eigenvalue weighted by Gasteiger charge is 2.66. The molecular formula is C41H46ClN3O7Si. The number of hydrogen-bond donors (Lipinski definition) is 1. The second-order valence-electron chi connectivity index (χ2n) is 14.9. The summed E-state index contributed by atoms with van der Waals surface area (Å²) in [5, 5.41) is 11.7. The molecule has 12 heteroatoms. The number of aliphatic hydroxyl groups is 1. The maximum absolute atomic E-state index is 15.2. The minimum atomic E-state index is -2.50. The van der Waals surface area contributed by atoms with E-state index in [1.165, 1.54) is 16.9 Å². The topological polar surface area (TPSA) is 111 Å². The highest BCUT2D eigenvalue weighted by atomic mass is 35.5. The number of fused-ring (bicyclic) bond motifs is 2. The molecule has 0 unspecified atom stereocenters. The van der Waals surface area contributed by atoms with Crippen LogP contribution in [0.25, 0.3) is 5.69 Å². The zero-order chi connectivity index (χ0) is 37.7.